The van der Waals surface area contributed by atoms with Crippen molar-refractivity contribution >= 4 is 24.8 Å². The van der Waals surface area contributed by atoms with Gasteiger partial charge in [-0.25, -0.2) is 0 Å². The van der Waals surface area contributed by atoms with Crippen molar-refractivity contribution in [3.05, 3.63) is 21.1 Å². The fourth-order valence-corrected chi connectivity index (χ4v) is 4.87. The van der Waals surface area contributed by atoms with Crippen molar-refractivity contribution in [2.24, 2.45) is 5.92 Å². The van der Waals surface area contributed by atoms with Gasteiger partial charge >= 0.3 is 109 Å². The number of allylic oxidation sites excluding steroid dienone is 4. The topological polar surface area (TPSA) is 12.0 Å². The number of halogens is 2. The average molecular weight is 326 g/mol. The first-order chi connectivity index (χ1) is 7.68. The Hall–Kier alpha value is 0.734. The molecule has 1 N–H and O–H groups in total. The zero-order valence-corrected chi connectivity index (χ0v) is 14.8. The molecule has 0 amide bonds. The van der Waals surface area contributed by atoms with Gasteiger partial charge in [0.05, 0.1) is 0 Å². The molecule has 1 saturated carbocycles. The van der Waals surface area contributed by atoms with Crippen LogP contribution in [0.5, 0.6) is 0 Å². The van der Waals surface area contributed by atoms with E-state index >= 15 is 0 Å². The smallest absolute Gasteiger partial charge is 0.147 e. The zero-order valence-electron chi connectivity index (χ0n) is 11.6. The molecular formula is C14H25Cl2NTi. The summed E-state index contributed by atoms with van der Waals surface area (Å²) < 4.78 is 5.62. The minimum atomic E-state index is -0.0754. The van der Waals surface area contributed by atoms with Crippen LogP contribution >= 0.6 is 24.8 Å². The van der Waals surface area contributed by atoms with Crippen molar-refractivity contribution in [2.75, 3.05) is 0 Å². The molecule has 0 aromatic rings. The summed E-state index contributed by atoms with van der Waals surface area (Å²) in [6.07, 6.45) is 9.59. The summed E-state index contributed by atoms with van der Waals surface area (Å²) in [4.78, 5) is 0. The number of hydrogen-bond donors (Lipinski definition) is 1. The van der Waals surface area contributed by atoms with Crippen molar-refractivity contribution in [1.82, 2.24) is 3.80 Å². The monoisotopic (exact) mass is 325 g/mol. The summed E-state index contributed by atoms with van der Waals surface area (Å²) in [5.74, 6) is 0.705. The van der Waals surface area contributed by atoms with Gasteiger partial charge in [-0.15, -0.1) is 24.8 Å². The van der Waals surface area contributed by atoms with Crippen LogP contribution in [0.2, 0.25) is 0 Å². The van der Waals surface area contributed by atoms with Gasteiger partial charge in [-0.2, -0.15) is 0 Å². The van der Waals surface area contributed by atoms with Gasteiger partial charge < -0.3 is 0 Å². The predicted molar refractivity (Wildman–Crippen MR) is 80.1 cm³/mol. The predicted octanol–water partition coefficient (Wildman–Crippen LogP) is 4.62. The van der Waals surface area contributed by atoms with Crippen LogP contribution in [0.3, 0.4) is 0 Å². The van der Waals surface area contributed by atoms with Crippen molar-refractivity contribution in [1.29, 1.82) is 0 Å². The summed E-state index contributed by atoms with van der Waals surface area (Å²) in [5, 5.41) is 0. The quantitative estimate of drug-likeness (QED) is 0.746. The van der Waals surface area contributed by atoms with Crippen molar-refractivity contribution in [2.45, 2.75) is 58.9 Å². The maximum atomic E-state index is 3.88. The standard InChI is InChI=1S/C8H11.C6H12N.2ClH.Ti/c1-6-4-7(2)8(3)5-6;7-6-4-2-1-3-5-6;;;/h4,6H,1-3H3;6-7H,1-5H2;2*1H;/q;-1;;;+1. The fourth-order valence-electron chi connectivity index (χ4n) is 2.77. The second-order valence-electron chi connectivity index (χ2n) is 5.28. The van der Waals surface area contributed by atoms with E-state index in [0.29, 0.717) is 5.92 Å². The van der Waals surface area contributed by atoms with Gasteiger partial charge in [0.1, 0.15) is 0 Å². The second-order valence-corrected chi connectivity index (χ2v) is 6.96. The van der Waals surface area contributed by atoms with Crippen LogP contribution in [-0.4, -0.2) is 6.04 Å². The van der Waals surface area contributed by atoms with Gasteiger partial charge in [-0.1, -0.05) is 0 Å². The van der Waals surface area contributed by atoms with Crippen molar-refractivity contribution in [3.8, 4) is 0 Å². The van der Waals surface area contributed by atoms with E-state index in [0.717, 1.165) is 6.04 Å². The first-order valence-electron chi connectivity index (χ1n) is 6.59. The first kappa shape index (κ1) is 18.7. The number of rotatable bonds is 3. The molecule has 1 atom stereocenters. The Kier molecular flexibility index (Phi) is 9.18. The molecule has 2 aliphatic carbocycles. The Labute approximate surface area is 133 Å². The molecule has 18 heavy (non-hydrogen) atoms. The van der Waals surface area contributed by atoms with E-state index in [9.17, 15) is 0 Å². The van der Waals surface area contributed by atoms with Crippen LogP contribution in [0.15, 0.2) is 21.1 Å². The summed E-state index contributed by atoms with van der Waals surface area (Å²) in [7, 11) is 0. The Balaban J connectivity index is 0.00000144. The Morgan fingerprint density at radius 3 is 2.22 bits per heavy atom. The molecule has 0 spiro atoms. The zero-order chi connectivity index (χ0) is 11.5. The molecular weight excluding hydrogens is 301 g/mol. The van der Waals surface area contributed by atoms with E-state index in [1.54, 1.807) is 9.45 Å². The molecule has 2 rings (SSSR count). The van der Waals surface area contributed by atoms with Crippen LogP contribution in [0.4, 0.5) is 0 Å². The Morgan fingerprint density at radius 1 is 1.11 bits per heavy atom. The van der Waals surface area contributed by atoms with Crippen molar-refractivity contribution in [3.63, 3.8) is 0 Å². The molecule has 0 saturated heterocycles. The van der Waals surface area contributed by atoms with E-state index in [4.69, 9.17) is 0 Å². The van der Waals surface area contributed by atoms with Crippen LogP contribution in [0, 0.1) is 5.92 Å². The van der Waals surface area contributed by atoms with Gasteiger partial charge in [0.2, 0.25) is 0 Å². The minimum Gasteiger partial charge on any atom is -0.147 e. The van der Waals surface area contributed by atoms with Gasteiger partial charge in [0.25, 0.3) is 0 Å². The Morgan fingerprint density at radius 2 is 1.72 bits per heavy atom. The van der Waals surface area contributed by atoms with Crippen LogP contribution in [0.25, 0.3) is 0 Å². The molecule has 0 bridgehead atoms. The van der Waals surface area contributed by atoms with Crippen molar-refractivity contribution < 1.29 is 19.4 Å². The average Bonchev–Trinajstić information content (AvgIpc) is 2.53. The fraction of sp³-hybridized carbons (Fsp3) is 0.714. The first-order valence-corrected chi connectivity index (χ1v) is 8.15. The van der Waals surface area contributed by atoms with Crippen LogP contribution in [0.1, 0.15) is 52.9 Å². The van der Waals surface area contributed by atoms with Gasteiger partial charge in [-0.05, 0) is 0 Å². The van der Waals surface area contributed by atoms with Crippen LogP contribution < -0.4 is 3.80 Å². The largest absolute Gasteiger partial charge is 0.147 e. The Bertz CT molecular complexity index is 320. The molecule has 104 valence electrons. The summed E-state index contributed by atoms with van der Waals surface area (Å²) in [6.45, 7) is 6.91. The van der Waals surface area contributed by atoms with E-state index in [1.165, 1.54) is 37.7 Å². The third-order valence-corrected chi connectivity index (χ3v) is 6.55. The molecule has 0 aromatic heterocycles. The minimum absolute atomic E-state index is 0. The normalized spacial score (nSPS) is 24.2. The summed E-state index contributed by atoms with van der Waals surface area (Å²) in [5.41, 5.74) is 3.09. The van der Waals surface area contributed by atoms with E-state index < -0.39 is 0 Å². The SMILES string of the molecule is CC1=CC(C)[C]([Ti][NH]C2CCCCC2)=C1C.Cl.Cl. The molecule has 1 nitrogen and oxygen atoms in total. The van der Waals surface area contributed by atoms with E-state index in [1.807, 2.05) is 0 Å². The molecule has 4 heteroatoms. The molecule has 0 radical (unpaired) electrons. The third-order valence-electron chi connectivity index (χ3n) is 3.97. The maximum Gasteiger partial charge on any atom is -0.147 e. The van der Waals surface area contributed by atoms with Crippen LogP contribution in [-0.2, 0) is 19.4 Å². The third kappa shape index (κ3) is 4.69. The van der Waals surface area contributed by atoms with Gasteiger partial charge in [0, 0.05) is 0 Å². The molecule has 0 aliphatic heterocycles. The summed E-state index contributed by atoms with van der Waals surface area (Å²) >= 11 is -0.0754. The molecule has 1 unspecified atom stereocenters. The number of hydrogen-bond acceptors (Lipinski definition) is 1. The van der Waals surface area contributed by atoms with Gasteiger partial charge in [0.15, 0.2) is 0 Å². The molecule has 2 aliphatic rings. The molecule has 0 heterocycles. The van der Waals surface area contributed by atoms with E-state index in [2.05, 4.69) is 30.6 Å². The van der Waals surface area contributed by atoms with E-state index in [-0.39, 0.29) is 44.2 Å². The maximum absolute atomic E-state index is 3.88. The molecule has 0 aromatic carbocycles. The molecule has 1 fully saturated rings. The second kappa shape index (κ2) is 8.82. The number of nitrogens with one attached hydrogen (secondary N) is 1. The van der Waals surface area contributed by atoms with Gasteiger partial charge in [-0.3, -0.25) is 0 Å². The summed E-state index contributed by atoms with van der Waals surface area (Å²) in [6, 6.07) is 0.835.